The Hall–Kier alpha value is -0.610. The highest BCUT2D eigenvalue weighted by Gasteiger charge is 2.42. The zero-order valence-electron chi connectivity index (χ0n) is 11.9. The Morgan fingerprint density at radius 1 is 1.50 bits per heavy atom. The number of carbonyl (C=O) groups excluding carboxylic acids is 1. The van der Waals surface area contributed by atoms with Crippen molar-refractivity contribution in [2.24, 2.45) is 5.92 Å². The number of ether oxygens (including phenoxy) is 1. The molecule has 2 heterocycles. The summed E-state index contributed by atoms with van der Waals surface area (Å²) in [6.07, 6.45) is 6.10. The summed E-state index contributed by atoms with van der Waals surface area (Å²) in [7, 11) is 3.70. The van der Waals surface area contributed by atoms with Crippen LogP contribution in [-0.2, 0) is 9.53 Å². The summed E-state index contributed by atoms with van der Waals surface area (Å²) >= 11 is 0. The fourth-order valence-corrected chi connectivity index (χ4v) is 3.47. The van der Waals surface area contributed by atoms with E-state index in [9.17, 15) is 4.79 Å². The Bertz CT molecular complexity index is 308. The highest BCUT2D eigenvalue weighted by molar-refractivity contribution is 5.80. The number of hydrogen-bond acceptors (Lipinski definition) is 4. The first-order chi connectivity index (χ1) is 8.55. The molecule has 0 aromatic heterocycles. The smallest absolute Gasteiger partial charge is 0.325 e. The van der Waals surface area contributed by atoms with Gasteiger partial charge in [-0.25, -0.2) is 0 Å². The molecular weight excluding hydrogens is 228 g/mol. The first-order valence-corrected chi connectivity index (χ1v) is 7.09. The van der Waals surface area contributed by atoms with Crippen molar-refractivity contribution >= 4 is 5.97 Å². The van der Waals surface area contributed by atoms with Gasteiger partial charge in [0.15, 0.2) is 0 Å². The maximum absolute atomic E-state index is 11.7. The molecule has 0 radical (unpaired) electrons. The van der Waals surface area contributed by atoms with Gasteiger partial charge in [-0.15, -0.1) is 0 Å². The standard InChI is InChI=1S/C14H26N2O2/c1-14(13(17)18-3)9-11(10-15-14)8-12-6-4-5-7-16(12)2/h11-12,15H,4-10H2,1-3H3. The van der Waals surface area contributed by atoms with Crippen molar-refractivity contribution in [1.29, 1.82) is 0 Å². The Balaban J connectivity index is 1.87. The van der Waals surface area contributed by atoms with Gasteiger partial charge in [0.05, 0.1) is 7.11 Å². The lowest BCUT2D eigenvalue weighted by Gasteiger charge is -2.34. The average Bonchev–Trinajstić information content (AvgIpc) is 2.74. The molecule has 0 bridgehead atoms. The predicted octanol–water partition coefficient (Wildman–Crippen LogP) is 1.40. The summed E-state index contributed by atoms with van der Waals surface area (Å²) in [4.78, 5) is 14.2. The molecular formula is C14H26N2O2. The summed E-state index contributed by atoms with van der Waals surface area (Å²) in [6.45, 7) is 4.12. The van der Waals surface area contributed by atoms with E-state index in [1.807, 2.05) is 6.92 Å². The van der Waals surface area contributed by atoms with E-state index >= 15 is 0 Å². The summed E-state index contributed by atoms with van der Waals surface area (Å²) in [5.41, 5.74) is -0.466. The van der Waals surface area contributed by atoms with Crippen molar-refractivity contribution in [3.8, 4) is 0 Å². The molecule has 2 aliphatic heterocycles. The molecule has 0 spiro atoms. The molecule has 0 amide bonds. The average molecular weight is 254 g/mol. The SMILES string of the molecule is COC(=O)C1(C)CC(CC2CCCCN2C)CN1. The first kappa shape index (κ1) is 13.8. The first-order valence-electron chi connectivity index (χ1n) is 7.09. The van der Waals surface area contributed by atoms with E-state index in [1.165, 1.54) is 39.3 Å². The predicted molar refractivity (Wildman–Crippen MR) is 71.4 cm³/mol. The van der Waals surface area contributed by atoms with E-state index in [0.29, 0.717) is 12.0 Å². The monoisotopic (exact) mass is 254 g/mol. The van der Waals surface area contributed by atoms with Crippen LogP contribution in [0.2, 0.25) is 0 Å². The van der Waals surface area contributed by atoms with Crippen LogP contribution >= 0.6 is 0 Å². The van der Waals surface area contributed by atoms with Gasteiger partial charge < -0.3 is 15.0 Å². The van der Waals surface area contributed by atoms with Crippen LogP contribution in [0.1, 0.15) is 39.0 Å². The minimum absolute atomic E-state index is 0.123. The zero-order valence-corrected chi connectivity index (χ0v) is 11.9. The minimum Gasteiger partial charge on any atom is -0.468 e. The molecule has 2 fully saturated rings. The topological polar surface area (TPSA) is 41.6 Å². The van der Waals surface area contributed by atoms with Crippen molar-refractivity contribution in [3.63, 3.8) is 0 Å². The van der Waals surface area contributed by atoms with E-state index in [1.54, 1.807) is 0 Å². The Morgan fingerprint density at radius 2 is 2.28 bits per heavy atom. The molecule has 104 valence electrons. The second kappa shape index (κ2) is 5.57. The number of piperidine rings is 1. The fraction of sp³-hybridized carbons (Fsp3) is 0.929. The lowest BCUT2D eigenvalue weighted by atomic mass is 9.88. The van der Waals surface area contributed by atoms with Crippen molar-refractivity contribution < 1.29 is 9.53 Å². The van der Waals surface area contributed by atoms with Crippen LogP contribution in [-0.4, -0.2) is 49.7 Å². The number of rotatable bonds is 3. The second-order valence-corrected chi connectivity index (χ2v) is 6.14. The third kappa shape index (κ3) is 2.86. The summed E-state index contributed by atoms with van der Waals surface area (Å²) < 4.78 is 4.88. The third-order valence-corrected chi connectivity index (χ3v) is 4.64. The van der Waals surface area contributed by atoms with Crippen LogP contribution in [0.5, 0.6) is 0 Å². The molecule has 0 aromatic carbocycles. The fourth-order valence-electron chi connectivity index (χ4n) is 3.47. The van der Waals surface area contributed by atoms with Crippen LogP contribution in [0.4, 0.5) is 0 Å². The van der Waals surface area contributed by atoms with Crippen molar-refractivity contribution in [1.82, 2.24) is 10.2 Å². The molecule has 1 N–H and O–H groups in total. The van der Waals surface area contributed by atoms with Gasteiger partial charge in [-0.05, 0) is 58.7 Å². The molecule has 4 heteroatoms. The Kier molecular flexibility index (Phi) is 4.28. The third-order valence-electron chi connectivity index (χ3n) is 4.64. The largest absolute Gasteiger partial charge is 0.468 e. The number of esters is 1. The normalized spacial score (nSPS) is 37.7. The molecule has 18 heavy (non-hydrogen) atoms. The molecule has 2 saturated heterocycles. The number of carbonyl (C=O) groups is 1. The quantitative estimate of drug-likeness (QED) is 0.773. The molecule has 2 rings (SSSR count). The van der Waals surface area contributed by atoms with E-state index in [0.717, 1.165) is 13.0 Å². The van der Waals surface area contributed by atoms with Gasteiger partial charge in [-0.3, -0.25) is 4.79 Å². The molecule has 4 nitrogen and oxygen atoms in total. The number of hydrogen-bond donors (Lipinski definition) is 1. The molecule has 0 saturated carbocycles. The summed E-state index contributed by atoms with van der Waals surface area (Å²) in [6, 6.07) is 0.700. The minimum atomic E-state index is -0.466. The van der Waals surface area contributed by atoms with E-state index < -0.39 is 5.54 Å². The van der Waals surface area contributed by atoms with Gasteiger partial charge in [-0.2, -0.15) is 0 Å². The highest BCUT2D eigenvalue weighted by atomic mass is 16.5. The number of nitrogens with one attached hydrogen (secondary N) is 1. The Morgan fingerprint density at radius 3 is 2.94 bits per heavy atom. The van der Waals surface area contributed by atoms with Crippen LogP contribution in [0.3, 0.4) is 0 Å². The van der Waals surface area contributed by atoms with Crippen molar-refractivity contribution in [3.05, 3.63) is 0 Å². The highest BCUT2D eigenvalue weighted by Crippen LogP contribution is 2.31. The molecule has 0 aromatic rings. The number of methoxy groups -OCH3 is 1. The lowest BCUT2D eigenvalue weighted by molar-refractivity contribution is -0.147. The van der Waals surface area contributed by atoms with Crippen LogP contribution in [0.25, 0.3) is 0 Å². The van der Waals surface area contributed by atoms with E-state index in [4.69, 9.17) is 4.74 Å². The van der Waals surface area contributed by atoms with Gasteiger partial charge in [-0.1, -0.05) is 6.42 Å². The van der Waals surface area contributed by atoms with Crippen molar-refractivity contribution in [2.45, 2.75) is 50.6 Å². The van der Waals surface area contributed by atoms with Gasteiger partial charge in [0.25, 0.3) is 0 Å². The van der Waals surface area contributed by atoms with E-state index in [-0.39, 0.29) is 5.97 Å². The van der Waals surface area contributed by atoms with Gasteiger partial charge >= 0.3 is 5.97 Å². The summed E-state index contributed by atoms with van der Waals surface area (Å²) in [5.74, 6) is 0.474. The van der Waals surface area contributed by atoms with Gasteiger partial charge in [0, 0.05) is 6.04 Å². The molecule has 2 aliphatic rings. The second-order valence-electron chi connectivity index (χ2n) is 6.14. The van der Waals surface area contributed by atoms with Gasteiger partial charge in [0.2, 0.25) is 0 Å². The lowest BCUT2D eigenvalue weighted by Crippen LogP contribution is -2.45. The van der Waals surface area contributed by atoms with Crippen LogP contribution < -0.4 is 5.32 Å². The van der Waals surface area contributed by atoms with E-state index in [2.05, 4.69) is 17.3 Å². The maximum atomic E-state index is 11.7. The zero-order chi connectivity index (χ0) is 13.2. The van der Waals surface area contributed by atoms with Crippen LogP contribution in [0, 0.1) is 5.92 Å². The van der Waals surface area contributed by atoms with Crippen LogP contribution in [0.15, 0.2) is 0 Å². The van der Waals surface area contributed by atoms with Crippen molar-refractivity contribution in [2.75, 3.05) is 27.2 Å². The van der Waals surface area contributed by atoms with Gasteiger partial charge in [0.1, 0.15) is 5.54 Å². The Labute approximate surface area is 110 Å². The summed E-state index contributed by atoms with van der Waals surface area (Å²) in [5, 5.41) is 3.35. The maximum Gasteiger partial charge on any atom is 0.325 e. The molecule has 0 aliphatic carbocycles. The molecule has 3 unspecified atom stereocenters. The molecule has 3 atom stereocenters. The number of likely N-dealkylation sites (tertiary alicyclic amines) is 1. The number of nitrogens with zero attached hydrogens (tertiary/aromatic N) is 1.